The van der Waals surface area contributed by atoms with Crippen molar-refractivity contribution in [3.05, 3.63) is 69.1 Å². The number of hydrogen-bond acceptors (Lipinski definition) is 3. The van der Waals surface area contributed by atoms with Crippen LogP contribution in [0.3, 0.4) is 0 Å². The molecule has 2 aromatic heterocycles. The Morgan fingerprint density at radius 3 is 2.48 bits per heavy atom. The minimum Gasteiger partial charge on any atom is -0.408 e. The van der Waals surface area contributed by atoms with E-state index in [2.05, 4.69) is 0 Å². The van der Waals surface area contributed by atoms with Crippen molar-refractivity contribution >= 4 is 11.1 Å². The number of oxazole rings is 1. The lowest BCUT2D eigenvalue weighted by Gasteiger charge is -2.10. The molecule has 0 saturated heterocycles. The molecule has 120 valence electrons. The first-order valence-corrected chi connectivity index (χ1v) is 6.72. The van der Waals surface area contributed by atoms with Gasteiger partial charge in [0.1, 0.15) is 0 Å². The number of para-hydroxylation sites is 2. The van der Waals surface area contributed by atoms with E-state index in [4.69, 9.17) is 4.42 Å². The lowest BCUT2D eigenvalue weighted by molar-refractivity contribution is -0.138. The third-order valence-electron chi connectivity index (χ3n) is 3.45. The van der Waals surface area contributed by atoms with E-state index in [1.54, 1.807) is 24.3 Å². The first-order valence-electron chi connectivity index (χ1n) is 6.72. The van der Waals surface area contributed by atoms with E-state index in [1.807, 2.05) is 0 Å². The summed E-state index contributed by atoms with van der Waals surface area (Å²) in [5.74, 6) is -0.619. The number of pyridine rings is 1. The van der Waals surface area contributed by atoms with E-state index in [-0.39, 0.29) is 13.1 Å². The van der Waals surface area contributed by atoms with Gasteiger partial charge in [-0.15, -0.1) is 0 Å². The molecule has 0 atom stereocenters. The van der Waals surface area contributed by atoms with E-state index in [9.17, 15) is 22.8 Å². The van der Waals surface area contributed by atoms with Crippen molar-refractivity contribution in [2.75, 3.05) is 0 Å². The van der Waals surface area contributed by atoms with Gasteiger partial charge in [-0.2, -0.15) is 13.2 Å². The van der Waals surface area contributed by atoms with Crippen LogP contribution < -0.4 is 11.3 Å². The van der Waals surface area contributed by atoms with E-state index in [1.165, 1.54) is 4.57 Å². The standard InChI is InChI=1S/C15H11F3N2O3/c16-15(17,18)10-5-6-13(21)19(9-10)7-8-20-11-3-1-2-4-12(11)23-14(20)22/h1-6,9H,7-8H2. The largest absolute Gasteiger partial charge is 0.420 e. The van der Waals surface area contributed by atoms with Crippen LogP contribution in [-0.4, -0.2) is 9.13 Å². The fourth-order valence-corrected chi connectivity index (χ4v) is 2.31. The third kappa shape index (κ3) is 2.92. The highest BCUT2D eigenvalue weighted by Crippen LogP contribution is 2.28. The molecule has 3 rings (SSSR count). The molecule has 0 fully saturated rings. The maximum absolute atomic E-state index is 12.7. The second kappa shape index (κ2) is 5.45. The zero-order valence-corrected chi connectivity index (χ0v) is 11.7. The second-order valence-electron chi connectivity index (χ2n) is 4.93. The molecule has 0 N–H and O–H groups in total. The number of alkyl halides is 3. The monoisotopic (exact) mass is 324 g/mol. The van der Waals surface area contributed by atoms with Crippen LogP contribution in [0.1, 0.15) is 5.56 Å². The number of fused-ring (bicyclic) bond motifs is 1. The average molecular weight is 324 g/mol. The van der Waals surface area contributed by atoms with Gasteiger partial charge in [0.25, 0.3) is 5.56 Å². The lowest BCUT2D eigenvalue weighted by atomic mass is 10.2. The molecule has 0 aliphatic rings. The molecule has 8 heteroatoms. The van der Waals surface area contributed by atoms with Gasteiger partial charge in [0.15, 0.2) is 5.58 Å². The van der Waals surface area contributed by atoms with Gasteiger partial charge in [0, 0.05) is 25.4 Å². The molecule has 0 unspecified atom stereocenters. The highest BCUT2D eigenvalue weighted by atomic mass is 19.4. The zero-order chi connectivity index (χ0) is 16.6. The molecule has 0 aliphatic heterocycles. The third-order valence-corrected chi connectivity index (χ3v) is 3.45. The average Bonchev–Trinajstić information content (AvgIpc) is 2.81. The number of nitrogens with zero attached hydrogens (tertiary/aromatic N) is 2. The Hall–Kier alpha value is -2.77. The van der Waals surface area contributed by atoms with Crippen LogP contribution in [0, 0.1) is 0 Å². The van der Waals surface area contributed by atoms with Crippen LogP contribution in [0.2, 0.25) is 0 Å². The van der Waals surface area contributed by atoms with Gasteiger partial charge in [0.05, 0.1) is 11.1 Å². The lowest BCUT2D eigenvalue weighted by Crippen LogP contribution is -2.25. The number of halogens is 3. The first-order chi connectivity index (χ1) is 10.9. The summed E-state index contributed by atoms with van der Waals surface area (Å²) in [6.07, 6.45) is -3.79. The van der Waals surface area contributed by atoms with Crippen molar-refractivity contribution in [1.82, 2.24) is 9.13 Å². The van der Waals surface area contributed by atoms with Gasteiger partial charge in [-0.05, 0) is 18.2 Å². The zero-order valence-electron chi connectivity index (χ0n) is 11.7. The van der Waals surface area contributed by atoms with Crippen molar-refractivity contribution in [3.8, 4) is 0 Å². The first kappa shape index (κ1) is 15.1. The summed E-state index contributed by atoms with van der Waals surface area (Å²) >= 11 is 0. The van der Waals surface area contributed by atoms with Gasteiger partial charge < -0.3 is 8.98 Å². The number of hydrogen-bond donors (Lipinski definition) is 0. The summed E-state index contributed by atoms with van der Waals surface area (Å²) in [6.45, 7) is -0.0523. The van der Waals surface area contributed by atoms with Crippen LogP contribution in [0.25, 0.3) is 11.1 Å². The normalized spacial score (nSPS) is 12.0. The maximum Gasteiger partial charge on any atom is 0.420 e. The summed E-state index contributed by atoms with van der Waals surface area (Å²) in [4.78, 5) is 23.5. The van der Waals surface area contributed by atoms with Gasteiger partial charge in [0.2, 0.25) is 0 Å². The van der Waals surface area contributed by atoms with E-state index in [0.717, 1.165) is 22.9 Å². The van der Waals surface area contributed by atoms with E-state index < -0.39 is 23.1 Å². The second-order valence-corrected chi connectivity index (χ2v) is 4.93. The molecule has 0 spiro atoms. The van der Waals surface area contributed by atoms with Crippen LogP contribution in [0.5, 0.6) is 0 Å². The molecule has 2 heterocycles. The van der Waals surface area contributed by atoms with Crippen molar-refractivity contribution in [2.24, 2.45) is 0 Å². The Labute approximate surface area is 127 Å². The highest BCUT2D eigenvalue weighted by Gasteiger charge is 2.31. The Morgan fingerprint density at radius 2 is 1.74 bits per heavy atom. The molecule has 5 nitrogen and oxygen atoms in total. The Kier molecular flexibility index (Phi) is 3.59. The van der Waals surface area contributed by atoms with Gasteiger partial charge in [-0.25, -0.2) is 4.79 Å². The van der Waals surface area contributed by atoms with Crippen molar-refractivity contribution < 1.29 is 17.6 Å². The molecule has 0 saturated carbocycles. The minimum absolute atomic E-state index is 0.0249. The SMILES string of the molecule is O=c1ccc(C(F)(F)F)cn1CCn1c(=O)oc2ccccc21. The van der Waals surface area contributed by atoms with Crippen molar-refractivity contribution in [1.29, 1.82) is 0 Å². The number of aryl methyl sites for hydroxylation is 2. The Morgan fingerprint density at radius 1 is 1.00 bits per heavy atom. The molecule has 1 aromatic carbocycles. The van der Waals surface area contributed by atoms with Gasteiger partial charge in [-0.1, -0.05) is 12.1 Å². The minimum atomic E-state index is -4.53. The Balaban J connectivity index is 1.93. The Bertz CT molecular complexity index is 966. The number of benzene rings is 1. The summed E-state index contributed by atoms with van der Waals surface area (Å²) in [5, 5.41) is 0. The van der Waals surface area contributed by atoms with Crippen LogP contribution in [-0.2, 0) is 19.3 Å². The molecular formula is C15H11F3N2O3. The van der Waals surface area contributed by atoms with Crippen molar-refractivity contribution in [2.45, 2.75) is 19.3 Å². The molecule has 0 amide bonds. The predicted octanol–water partition coefficient (Wildman–Crippen LogP) is 2.48. The fourth-order valence-electron chi connectivity index (χ4n) is 2.31. The summed E-state index contributed by atoms with van der Waals surface area (Å²) in [6, 6.07) is 8.29. The van der Waals surface area contributed by atoms with Crippen LogP contribution in [0.15, 0.2) is 56.6 Å². The van der Waals surface area contributed by atoms with Crippen LogP contribution in [0.4, 0.5) is 13.2 Å². The summed E-state index contributed by atoms with van der Waals surface area (Å²) in [7, 11) is 0. The number of rotatable bonds is 3. The van der Waals surface area contributed by atoms with E-state index >= 15 is 0 Å². The number of aromatic nitrogens is 2. The van der Waals surface area contributed by atoms with Gasteiger partial charge in [-0.3, -0.25) is 9.36 Å². The highest BCUT2D eigenvalue weighted by molar-refractivity contribution is 5.72. The van der Waals surface area contributed by atoms with Crippen molar-refractivity contribution in [3.63, 3.8) is 0 Å². The van der Waals surface area contributed by atoms with E-state index in [0.29, 0.717) is 11.1 Å². The molecule has 3 aromatic rings. The topological polar surface area (TPSA) is 57.1 Å². The molecular weight excluding hydrogens is 313 g/mol. The van der Waals surface area contributed by atoms with Crippen LogP contribution >= 0.6 is 0 Å². The maximum atomic E-state index is 12.7. The molecule has 23 heavy (non-hydrogen) atoms. The predicted molar refractivity (Wildman–Crippen MR) is 76.2 cm³/mol. The smallest absolute Gasteiger partial charge is 0.408 e. The summed E-state index contributed by atoms with van der Waals surface area (Å²) in [5.41, 5.74) is -0.577. The molecule has 0 radical (unpaired) electrons. The summed E-state index contributed by atoms with van der Waals surface area (Å²) < 4.78 is 45.3. The molecule has 0 bridgehead atoms. The quantitative estimate of drug-likeness (QED) is 0.744. The van der Waals surface area contributed by atoms with Gasteiger partial charge >= 0.3 is 11.9 Å². The fraction of sp³-hybridized carbons (Fsp3) is 0.200. The molecule has 0 aliphatic carbocycles.